The summed E-state index contributed by atoms with van der Waals surface area (Å²) in [7, 11) is 0. The first-order valence-corrected chi connectivity index (χ1v) is 5.43. The molecule has 1 heterocycles. The van der Waals surface area contributed by atoms with Gasteiger partial charge in [-0.3, -0.25) is 4.79 Å². The van der Waals surface area contributed by atoms with Crippen LogP contribution in [0.5, 0.6) is 5.75 Å². The van der Waals surface area contributed by atoms with Gasteiger partial charge in [-0.25, -0.2) is 9.37 Å². The van der Waals surface area contributed by atoms with Crippen LogP contribution in [-0.4, -0.2) is 11.3 Å². The van der Waals surface area contributed by atoms with Crippen molar-refractivity contribution in [2.45, 2.75) is 6.61 Å². The molecular formula is C11H8FNO2S. The molecule has 0 fully saturated rings. The molecular weight excluding hydrogens is 229 g/mol. The van der Waals surface area contributed by atoms with E-state index in [1.54, 1.807) is 6.20 Å². The minimum atomic E-state index is -0.487. The van der Waals surface area contributed by atoms with Crippen LogP contribution in [0.15, 0.2) is 29.8 Å². The molecule has 0 saturated heterocycles. The van der Waals surface area contributed by atoms with Crippen LogP contribution >= 0.6 is 11.3 Å². The van der Waals surface area contributed by atoms with Gasteiger partial charge in [-0.15, -0.1) is 11.3 Å². The third-order valence-electron chi connectivity index (χ3n) is 1.88. The third-order valence-corrected chi connectivity index (χ3v) is 2.63. The van der Waals surface area contributed by atoms with Crippen molar-refractivity contribution in [1.29, 1.82) is 0 Å². The van der Waals surface area contributed by atoms with Gasteiger partial charge in [0.25, 0.3) is 0 Å². The van der Waals surface area contributed by atoms with E-state index in [0.29, 0.717) is 12.0 Å². The third kappa shape index (κ3) is 2.64. The molecule has 0 N–H and O–H groups in total. The van der Waals surface area contributed by atoms with E-state index in [2.05, 4.69) is 4.98 Å². The van der Waals surface area contributed by atoms with Gasteiger partial charge < -0.3 is 4.74 Å². The molecule has 0 aliphatic rings. The summed E-state index contributed by atoms with van der Waals surface area (Å²) >= 11 is 1.46. The van der Waals surface area contributed by atoms with Crippen LogP contribution in [0, 0.1) is 5.82 Å². The van der Waals surface area contributed by atoms with Crippen LogP contribution in [0.25, 0.3) is 0 Å². The Hall–Kier alpha value is -1.75. The van der Waals surface area contributed by atoms with Gasteiger partial charge in [-0.2, -0.15) is 0 Å². The quantitative estimate of drug-likeness (QED) is 0.767. The van der Waals surface area contributed by atoms with E-state index in [9.17, 15) is 9.18 Å². The highest BCUT2D eigenvalue weighted by Gasteiger charge is 2.02. The van der Waals surface area contributed by atoms with Crippen molar-refractivity contribution >= 4 is 17.6 Å². The summed E-state index contributed by atoms with van der Waals surface area (Å²) in [5.74, 6) is -0.156. The fourth-order valence-corrected chi connectivity index (χ4v) is 1.73. The summed E-state index contributed by atoms with van der Waals surface area (Å²) in [6, 6.07) is 3.88. The SMILES string of the molecule is O=Cc1cc(F)cc(OCc2nccs2)c1. The predicted octanol–water partition coefficient (Wildman–Crippen LogP) is 2.67. The smallest absolute Gasteiger partial charge is 0.150 e. The number of carbonyl (C=O) groups is 1. The van der Waals surface area contributed by atoms with Gasteiger partial charge >= 0.3 is 0 Å². The molecule has 16 heavy (non-hydrogen) atoms. The van der Waals surface area contributed by atoms with Gasteiger partial charge in [0.15, 0.2) is 0 Å². The van der Waals surface area contributed by atoms with E-state index in [4.69, 9.17) is 4.74 Å². The Morgan fingerprint density at radius 1 is 1.44 bits per heavy atom. The first-order valence-electron chi connectivity index (χ1n) is 4.55. The van der Waals surface area contributed by atoms with E-state index >= 15 is 0 Å². The molecule has 0 amide bonds. The zero-order chi connectivity index (χ0) is 11.4. The highest BCUT2D eigenvalue weighted by molar-refractivity contribution is 7.09. The lowest BCUT2D eigenvalue weighted by Gasteiger charge is -2.04. The molecule has 0 atom stereocenters. The molecule has 1 aromatic heterocycles. The first-order chi connectivity index (χ1) is 7.78. The number of nitrogens with zero attached hydrogens (tertiary/aromatic N) is 1. The fraction of sp³-hybridized carbons (Fsp3) is 0.0909. The molecule has 2 rings (SSSR count). The normalized spacial score (nSPS) is 10.1. The summed E-state index contributed by atoms with van der Waals surface area (Å²) in [6.07, 6.45) is 2.26. The number of thiazole rings is 1. The number of benzene rings is 1. The number of rotatable bonds is 4. The van der Waals surface area contributed by atoms with Gasteiger partial charge in [0, 0.05) is 23.2 Å². The lowest BCUT2D eigenvalue weighted by atomic mass is 10.2. The number of hydrogen-bond donors (Lipinski definition) is 0. The predicted molar refractivity (Wildman–Crippen MR) is 58.2 cm³/mol. The van der Waals surface area contributed by atoms with Gasteiger partial charge in [-0.1, -0.05) is 0 Å². The van der Waals surface area contributed by atoms with E-state index in [1.807, 2.05) is 5.38 Å². The summed E-state index contributed by atoms with van der Waals surface area (Å²) in [5, 5.41) is 2.64. The maximum Gasteiger partial charge on any atom is 0.150 e. The van der Waals surface area contributed by atoms with Crippen LogP contribution in [0.2, 0.25) is 0 Å². The zero-order valence-corrected chi connectivity index (χ0v) is 9.04. The molecule has 0 spiro atoms. The van der Waals surface area contributed by atoms with Crippen molar-refractivity contribution < 1.29 is 13.9 Å². The highest BCUT2D eigenvalue weighted by Crippen LogP contribution is 2.17. The molecule has 3 nitrogen and oxygen atoms in total. The molecule has 0 saturated carbocycles. The molecule has 0 unspecified atom stereocenters. The van der Waals surface area contributed by atoms with Crippen LogP contribution < -0.4 is 4.74 Å². The van der Waals surface area contributed by atoms with Crippen molar-refractivity contribution in [2.75, 3.05) is 0 Å². The Kier molecular flexibility index (Phi) is 3.26. The van der Waals surface area contributed by atoms with Crippen molar-refractivity contribution in [2.24, 2.45) is 0 Å². The summed E-state index contributed by atoms with van der Waals surface area (Å²) < 4.78 is 18.4. The minimum Gasteiger partial charge on any atom is -0.486 e. The number of ether oxygens (including phenoxy) is 1. The highest BCUT2D eigenvalue weighted by atomic mass is 32.1. The average molecular weight is 237 g/mol. The van der Waals surface area contributed by atoms with E-state index in [1.165, 1.54) is 23.5 Å². The topological polar surface area (TPSA) is 39.2 Å². The van der Waals surface area contributed by atoms with Gasteiger partial charge in [0.2, 0.25) is 0 Å². The Labute approximate surface area is 95.5 Å². The van der Waals surface area contributed by atoms with Crippen LogP contribution in [0.3, 0.4) is 0 Å². The van der Waals surface area contributed by atoms with Crippen LogP contribution in [-0.2, 0) is 6.61 Å². The lowest BCUT2D eigenvalue weighted by Crippen LogP contribution is -1.96. The summed E-state index contributed by atoms with van der Waals surface area (Å²) in [6.45, 7) is 0.277. The fourth-order valence-electron chi connectivity index (χ4n) is 1.21. The zero-order valence-electron chi connectivity index (χ0n) is 8.22. The van der Waals surface area contributed by atoms with Gasteiger partial charge in [0.05, 0.1) is 0 Å². The molecule has 0 aliphatic carbocycles. The minimum absolute atomic E-state index is 0.258. The van der Waals surface area contributed by atoms with E-state index in [-0.39, 0.29) is 12.2 Å². The molecule has 5 heteroatoms. The lowest BCUT2D eigenvalue weighted by molar-refractivity contribution is 0.112. The Morgan fingerprint density at radius 3 is 3.00 bits per heavy atom. The van der Waals surface area contributed by atoms with Crippen molar-refractivity contribution in [3.8, 4) is 5.75 Å². The second kappa shape index (κ2) is 4.85. The average Bonchev–Trinajstić information content (AvgIpc) is 2.78. The van der Waals surface area contributed by atoms with Crippen LogP contribution in [0.1, 0.15) is 15.4 Å². The number of carbonyl (C=O) groups excluding carboxylic acids is 1. The van der Waals surface area contributed by atoms with Gasteiger partial charge in [-0.05, 0) is 12.1 Å². The molecule has 0 radical (unpaired) electrons. The number of aldehydes is 1. The van der Waals surface area contributed by atoms with Crippen LogP contribution in [0.4, 0.5) is 4.39 Å². The number of halogens is 1. The Bertz CT molecular complexity index is 485. The summed E-state index contributed by atoms with van der Waals surface area (Å²) in [5.41, 5.74) is 0.258. The van der Waals surface area contributed by atoms with Crippen molar-refractivity contribution in [3.63, 3.8) is 0 Å². The largest absolute Gasteiger partial charge is 0.486 e. The van der Waals surface area contributed by atoms with E-state index in [0.717, 1.165) is 11.1 Å². The second-order valence-electron chi connectivity index (χ2n) is 3.05. The van der Waals surface area contributed by atoms with Crippen molar-refractivity contribution in [1.82, 2.24) is 4.98 Å². The maximum absolute atomic E-state index is 13.0. The number of hydrogen-bond acceptors (Lipinski definition) is 4. The molecule has 0 aliphatic heterocycles. The Morgan fingerprint density at radius 2 is 2.31 bits per heavy atom. The molecule has 0 bridgehead atoms. The van der Waals surface area contributed by atoms with Gasteiger partial charge in [0.1, 0.15) is 29.5 Å². The molecule has 82 valence electrons. The van der Waals surface area contributed by atoms with Crippen molar-refractivity contribution in [3.05, 3.63) is 46.2 Å². The molecule has 1 aromatic carbocycles. The number of aromatic nitrogens is 1. The first kappa shape index (κ1) is 10.8. The Balaban J connectivity index is 2.09. The molecule has 2 aromatic rings. The van der Waals surface area contributed by atoms with E-state index < -0.39 is 5.82 Å². The standard InChI is InChI=1S/C11H8FNO2S/c12-9-3-8(6-14)4-10(5-9)15-7-11-13-1-2-16-11/h1-6H,7H2. The second-order valence-corrected chi connectivity index (χ2v) is 4.03. The maximum atomic E-state index is 13.0. The summed E-state index contributed by atoms with van der Waals surface area (Å²) in [4.78, 5) is 14.5. The monoisotopic (exact) mass is 237 g/mol.